The summed E-state index contributed by atoms with van der Waals surface area (Å²) in [6, 6.07) is 0. The SMILES string of the molecule is CCCCCCCCC=CCC(CC)OC(C)=O. The molecule has 0 aliphatic heterocycles. The summed E-state index contributed by atoms with van der Waals surface area (Å²) < 4.78 is 5.18. The molecule has 106 valence electrons. The standard InChI is InChI=1S/C16H30O2/c1-4-6-7-8-9-10-11-12-13-14-16(5-2)18-15(3)17/h12-13,16H,4-11,14H2,1-3H3. The summed E-state index contributed by atoms with van der Waals surface area (Å²) in [5.41, 5.74) is 0. The van der Waals surface area contributed by atoms with Crippen LogP contribution in [0.1, 0.15) is 78.6 Å². The second kappa shape index (κ2) is 12.7. The Hall–Kier alpha value is -0.790. The lowest BCUT2D eigenvalue weighted by Crippen LogP contribution is -2.13. The molecule has 18 heavy (non-hydrogen) atoms. The highest BCUT2D eigenvalue weighted by atomic mass is 16.5. The lowest BCUT2D eigenvalue weighted by molar-refractivity contribution is -0.146. The molecule has 0 heterocycles. The molecule has 0 spiro atoms. The molecule has 0 bridgehead atoms. The van der Waals surface area contributed by atoms with Crippen molar-refractivity contribution in [1.29, 1.82) is 0 Å². The van der Waals surface area contributed by atoms with E-state index >= 15 is 0 Å². The van der Waals surface area contributed by atoms with Gasteiger partial charge in [-0.05, 0) is 19.3 Å². The Morgan fingerprint density at radius 1 is 1.06 bits per heavy atom. The lowest BCUT2D eigenvalue weighted by Gasteiger charge is -2.12. The van der Waals surface area contributed by atoms with Gasteiger partial charge in [0.05, 0.1) is 0 Å². The fourth-order valence-electron chi connectivity index (χ4n) is 1.94. The van der Waals surface area contributed by atoms with Gasteiger partial charge in [0.25, 0.3) is 0 Å². The quantitative estimate of drug-likeness (QED) is 0.294. The predicted octanol–water partition coefficient (Wildman–Crippen LogP) is 5.03. The van der Waals surface area contributed by atoms with Crippen LogP contribution in [0.25, 0.3) is 0 Å². The number of carbonyl (C=O) groups is 1. The predicted molar refractivity (Wildman–Crippen MR) is 77.6 cm³/mol. The Balaban J connectivity index is 3.43. The summed E-state index contributed by atoms with van der Waals surface area (Å²) in [4.78, 5) is 10.8. The molecule has 0 aromatic rings. The molecule has 0 aliphatic rings. The van der Waals surface area contributed by atoms with Crippen molar-refractivity contribution in [2.24, 2.45) is 0 Å². The van der Waals surface area contributed by atoms with Crippen molar-refractivity contribution in [3.05, 3.63) is 12.2 Å². The Labute approximate surface area is 113 Å². The maximum atomic E-state index is 10.8. The Morgan fingerprint density at radius 3 is 2.33 bits per heavy atom. The van der Waals surface area contributed by atoms with Gasteiger partial charge in [0, 0.05) is 13.3 Å². The number of hydrogen-bond acceptors (Lipinski definition) is 2. The molecule has 0 N–H and O–H groups in total. The van der Waals surface area contributed by atoms with Crippen LogP contribution in [-0.2, 0) is 9.53 Å². The summed E-state index contributed by atoms with van der Waals surface area (Å²) in [6.45, 7) is 5.77. The molecular weight excluding hydrogens is 224 g/mol. The van der Waals surface area contributed by atoms with Crippen LogP contribution in [0.15, 0.2) is 12.2 Å². The molecule has 0 fully saturated rings. The molecule has 0 aromatic heterocycles. The minimum absolute atomic E-state index is 0.0586. The maximum absolute atomic E-state index is 10.8. The molecule has 2 heteroatoms. The molecule has 1 unspecified atom stereocenters. The van der Waals surface area contributed by atoms with E-state index < -0.39 is 0 Å². The van der Waals surface area contributed by atoms with Crippen molar-refractivity contribution in [3.63, 3.8) is 0 Å². The third kappa shape index (κ3) is 11.7. The van der Waals surface area contributed by atoms with E-state index in [-0.39, 0.29) is 12.1 Å². The van der Waals surface area contributed by atoms with Crippen molar-refractivity contribution in [3.8, 4) is 0 Å². The maximum Gasteiger partial charge on any atom is 0.302 e. The third-order valence-corrected chi connectivity index (χ3v) is 3.08. The topological polar surface area (TPSA) is 26.3 Å². The highest BCUT2D eigenvalue weighted by Crippen LogP contribution is 2.09. The molecule has 2 nitrogen and oxygen atoms in total. The zero-order chi connectivity index (χ0) is 13.6. The molecule has 0 saturated carbocycles. The van der Waals surface area contributed by atoms with E-state index in [9.17, 15) is 4.79 Å². The average molecular weight is 254 g/mol. The molecule has 1 atom stereocenters. The monoisotopic (exact) mass is 254 g/mol. The first kappa shape index (κ1) is 17.2. The van der Waals surface area contributed by atoms with Crippen molar-refractivity contribution in [2.75, 3.05) is 0 Å². The first-order valence-corrected chi connectivity index (χ1v) is 7.52. The second-order valence-corrected chi connectivity index (χ2v) is 4.90. The normalized spacial score (nSPS) is 12.8. The molecule has 0 saturated heterocycles. The molecule has 0 radical (unpaired) electrons. The van der Waals surface area contributed by atoms with Gasteiger partial charge in [-0.25, -0.2) is 0 Å². The van der Waals surface area contributed by atoms with E-state index in [1.54, 1.807) is 0 Å². The molecule has 0 amide bonds. The van der Waals surface area contributed by atoms with Crippen LogP contribution in [0.2, 0.25) is 0 Å². The second-order valence-electron chi connectivity index (χ2n) is 4.90. The number of unbranched alkanes of at least 4 members (excludes halogenated alkanes) is 6. The van der Waals surface area contributed by atoms with Crippen molar-refractivity contribution < 1.29 is 9.53 Å². The van der Waals surface area contributed by atoms with E-state index in [0.29, 0.717) is 0 Å². The van der Waals surface area contributed by atoms with Gasteiger partial charge < -0.3 is 4.74 Å². The number of ether oxygens (including phenoxy) is 1. The molecular formula is C16H30O2. The van der Waals surface area contributed by atoms with Gasteiger partial charge in [0.1, 0.15) is 6.10 Å². The van der Waals surface area contributed by atoms with Crippen LogP contribution < -0.4 is 0 Å². The van der Waals surface area contributed by atoms with Gasteiger partial charge >= 0.3 is 5.97 Å². The van der Waals surface area contributed by atoms with Gasteiger partial charge in [-0.3, -0.25) is 4.79 Å². The van der Waals surface area contributed by atoms with Crippen LogP contribution in [-0.4, -0.2) is 12.1 Å². The molecule has 0 rings (SSSR count). The van der Waals surface area contributed by atoms with E-state index in [2.05, 4.69) is 26.0 Å². The van der Waals surface area contributed by atoms with E-state index in [0.717, 1.165) is 19.3 Å². The fourth-order valence-corrected chi connectivity index (χ4v) is 1.94. The number of rotatable bonds is 11. The first-order valence-electron chi connectivity index (χ1n) is 7.52. The van der Waals surface area contributed by atoms with Gasteiger partial charge in [0.2, 0.25) is 0 Å². The number of hydrogen-bond donors (Lipinski definition) is 0. The third-order valence-electron chi connectivity index (χ3n) is 3.08. The minimum Gasteiger partial charge on any atom is -0.462 e. The van der Waals surface area contributed by atoms with Crippen LogP contribution >= 0.6 is 0 Å². The van der Waals surface area contributed by atoms with Crippen molar-refractivity contribution in [1.82, 2.24) is 0 Å². The number of esters is 1. The minimum atomic E-state index is -0.175. The van der Waals surface area contributed by atoms with E-state index in [4.69, 9.17) is 4.74 Å². The van der Waals surface area contributed by atoms with Crippen molar-refractivity contribution in [2.45, 2.75) is 84.7 Å². The molecule has 0 aliphatic carbocycles. The van der Waals surface area contributed by atoms with Crippen LogP contribution in [0.3, 0.4) is 0 Å². The van der Waals surface area contributed by atoms with Gasteiger partial charge in [-0.1, -0.05) is 58.1 Å². The summed E-state index contributed by atoms with van der Waals surface area (Å²) in [6.07, 6.45) is 15.4. The van der Waals surface area contributed by atoms with Gasteiger partial charge in [-0.15, -0.1) is 0 Å². The largest absolute Gasteiger partial charge is 0.462 e. The zero-order valence-corrected chi connectivity index (χ0v) is 12.4. The van der Waals surface area contributed by atoms with Gasteiger partial charge in [0.15, 0.2) is 0 Å². The van der Waals surface area contributed by atoms with Crippen molar-refractivity contribution >= 4 is 5.97 Å². The highest BCUT2D eigenvalue weighted by Gasteiger charge is 2.06. The van der Waals surface area contributed by atoms with E-state index in [1.165, 1.54) is 45.4 Å². The van der Waals surface area contributed by atoms with Gasteiger partial charge in [-0.2, -0.15) is 0 Å². The van der Waals surface area contributed by atoms with E-state index in [1.807, 2.05) is 0 Å². The smallest absolute Gasteiger partial charge is 0.302 e. The number of carbonyl (C=O) groups excluding carboxylic acids is 1. The summed E-state index contributed by atoms with van der Waals surface area (Å²) >= 11 is 0. The summed E-state index contributed by atoms with van der Waals surface area (Å²) in [5, 5.41) is 0. The Bertz CT molecular complexity index is 221. The molecule has 0 aromatic carbocycles. The zero-order valence-electron chi connectivity index (χ0n) is 12.4. The Kier molecular flexibility index (Phi) is 12.1. The fraction of sp³-hybridized carbons (Fsp3) is 0.812. The lowest BCUT2D eigenvalue weighted by atomic mass is 10.1. The number of allylic oxidation sites excluding steroid dienone is 1. The first-order chi connectivity index (χ1) is 8.70. The summed E-state index contributed by atoms with van der Waals surface area (Å²) in [7, 11) is 0. The highest BCUT2D eigenvalue weighted by molar-refractivity contribution is 5.66. The Morgan fingerprint density at radius 2 is 1.72 bits per heavy atom. The summed E-state index contributed by atoms with van der Waals surface area (Å²) in [5.74, 6) is -0.175. The average Bonchev–Trinajstić information content (AvgIpc) is 2.35. The van der Waals surface area contributed by atoms with Crippen LogP contribution in [0, 0.1) is 0 Å². The van der Waals surface area contributed by atoms with Crippen LogP contribution in [0.4, 0.5) is 0 Å². The van der Waals surface area contributed by atoms with Crippen LogP contribution in [0.5, 0.6) is 0 Å².